The zero-order valence-electron chi connectivity index (χ0n) is 18.1. The molecule has 4 aromatic rings. The minimum atomic E-state index is 0.166. The first-order chi connectivity index (χ1) is 16.7. The summed E-state index contributed by atoms with van der Waals surface area (Å²) in [5.41, 5.74) is 3.02. The molecule has 1 atom stereocenters. The second-order valence-electron chi connectivity index (χ2n) is 8.06. The molecular weight excluding hydrogens is 492 g/mol. The van der Waals surface area contributed by atoms with Crippen LogP contribution < -0.4 is 9.47 Å². The average molecular weight is 513 g/mol. The largest absolute Gasteiger partial charge is 0.454 e. The van der Waals surface area contributed by atoms with Gasteiger partial charge in [-0.2, -0.15) is 0 Å². The van der Waals surface area contributed by atoms with E-state index in [-0.39, 0.29) is 12.9 Å². The lowest BCUT2D eigenvalue weighted by molar-refractivity contribution is 0.0953. The lowest BCUT2D eigenvalue weighted by Crippen LogP contribution is -2.16. The summed E-state index contributed by atoms with van der Waals surface area (Å²) in [6.07, 6.45) is 2.29. The highest BCUT2D eigenvalue weighted by Crippen LogP contribution is 2.37. The standard InChI is InChI=1S/C24H21ClN4O3S2/c25-17-6-3-15(4-7-17)23-26-18(12-33-23)13-34-24-28-27-22(29(24)11-19-2-1-9-30-19)16-5-8-20-21(10-16)32-14-31-20/h3-8,10,12,19H,1-2,9,11,13-14H2. The van der Waals surface area contributed by atoms with E-state index in [1.165, 1.54) is 0 Å². The lowest BCUT2D eigenvalue weighted by atomic mass is 10.2. The molecule has 34 heavy (non-hydrogen) atoms. The van der Waals surface area contributed by atoms with E-state index in [0.717, 1.165) is 68.8 Å². The number of aromatic nitrogens is 4. The van der Waals surface area contributed by atoms with E-state index in [0.29, 0.717) is 12.3 Å². The summed E-state index contributed by atoms with van der Waals surface area (Å²) in [5.74, 6) is 2.99. The molecule has 1 unspecified atom stereocenters. The fourth-order valence-electron chi connectivity index (χ4n) is 4.04. The van der Waals surface area contributed by atoms with Crippen LogP contribution in [0.2, 0.25) is 5.02 Å². The predicted octanol–water partition coefficient (Wildman–Crippen LogP) is 5.92. The van der Waals surface area contributed by atoms with Crippen LogP contribution >= 0.6 is 34.7 Å². The molecule has 4 heterocycles. The SMILES string of the molecule is Clc1ccc(-c2nc(CSc3nnc(-c4ccc5c(c4)OCO5)n3CC3CCCO3)cs2)cc1. The quantitative estimate of drug-likeness (QED) is 0.284. The van der Waals surface area contributed by atoms with Crippen molar-refractivity contribution in [1.82, 2.24) is 19.7 Å². The summed E-state index contributed by atoms with van der Waals surface area (Å²) in [7, 11) is 0. The monoisotopic (exact) mass is 512 g/mol. The van der Waals surface area contributed by atoms with Gasteiger partial charge in [0, 0.05) is 33.9 Å². The Morgan fingerprint density at radius 1 is 1.06 bits per heavy atom. The van der Waals surface area contributed by atoms with Gasteiger partial charge in [-0.25, -0.2) is 4.98 Å². The molecule has 0 saturated carbocycles. The molecular formula is C24H21ClN4O3S2. The second kappa shape index (κ2) is 9.58. The molecule has 6 rings (SSSR count). The number of thioether (sulfide) groups is 1. The molecule has 0 radical (unpaired) electrons. The summed E-state index contributed by atoms with van der Waals surface area (Å²) in [6, 6.07) is 13.6. The zero-order valence-corrected chi connectivity index (χ0v) is 20.5. The Morgan fingerprint density at radius 3 is 2.76 bits per heavy atom. The lowest BCUT2D eigenvalue weighted by Gasteiger charge is -2.14. The Hall–Kier alpha value is -2.59. The molecule has 2 aromatic heterocycles. The normalized spacial score (nSPS) is 16.9. The van der Waals surface area contributed by atoms with Gasteiger partial charge in [-0.3, -0.25) is 4.57 Å². The summed E-state index contributed by atoms with van der Waals surface area (Å²) in [4.78, 5) is 4.80. The Labute approximate surface area is 210 Å². The predicted molar refractivity (Wildman–Crippen MR) is 133 cm³/mol. The van der Waals surface area contributed by atoms with Crippen molar-refractivity contribution in [3.63, 3.8) is 0 Å². The third kappa shape index (κ3) is 4.53. The third-order valence-corrected chi connectivity index (χ3v) is 7.94. The van der Waals surface area contributed by atoms with Crippen molar-refractivity contribution >= 4 is 34.7 Å². The van der Waals surface area contributed by atoms with Crippen molar-refractivity contribution in [2.75, 3.05) is 13.4 Å². The van der Waals surface area contributed by atoms with Crippen LogP contribution in [0.3, 0.4) is 0 Å². The van der Waals surface area contributed by atoms with Gasteiger partial charge in [-0.05, 0) is 43.2 Å². The Kier molecular flexibility index (Phi) is 6.17. The fraction of sp³-hybridized carbons (Fsp3) is 0.292. The van der Waals surface area contributed by atoms with Gasteiger partial charge in [0.1, 0.15) is 5.01 Å². The summed E-state index contributed by atoms with van der Waals surface area (Å²) in [5, 5.41) is 13.7. The first-order valence-corrected chi connectivity index (χ1v) is 13.3. The first-order valence-electron chi connectivity index (χ1n) is 11.0. The van der Waals surface area contributed by atoms with Crippen molar-refractivity contribution in [2.45, 2.75) is 36.4 Å². The summed E-state index contributed by atoms with van der Waals surface area (Å²) >= 11 is 9.28. The molecule has 2 aliphatic heterocycles. The van der Waals surface area contributed by atoms with Crippen LogP contribution in [0.25, 0.3) is 22.0 Å². The number of hydrogen-bond acceptors (Lipinski definition) is 8. The second-order valence-corrected chi connectivity index (χ2v) is 10.3. The van der Waals surface area contributed by atoms with Crippen molar-refractivity contribution in [2.24, 2.45) is 0 Å². The molecule has 0 N–H and O–H groups in total. The Morgan fingerprint density at radius 2 is 1.91 bits per heavy atom. The van der Waals surface area contributed by atoms with Gasteiger partial charge in [-0.15, -0.1) is 21.5 Å². The number of nitrogens with zero attached hydrogens (tertiary/aromatic N) is 4. The molecule has 0 amide bonds. The Balaban J connectivity index is 1.24. The highest BCUT2D eigenvalue weighted by molar-refractivity contribution is 7.98. The molecule has 0 spiro atoms. The molecule has 0 bridgehead atoms. The number of thiazole rings is 1. The highest BCUT2D eigenvalue weighted by atomic mass is 35.5. The van der Waals surface area contributed by atoms with Gasteiger partial charge in [-0.1, -0.05) is 35.5 Å². The van der Waals surface area contributed by atoms with Crippen LogP contribution in [0.5, 0.6) is 11.5 Å². The van der Waals surface area contributed by atoms with Crippen molar-refractivity contribution in [1.29, 1.82) is 0 Å². The van der Waals surface area contributed by atoms with Gasteiger partial charge in [0.05, 0.1) is 18.3 Å². The van der Waals surface area contributed by atoms with Crippen LogP contribution in [0, 0.1) is 0 Å². The molecule has 10 heteroatoms. The number of rotatable bonds is 7. The van der Waals surface area contributed by atoms with E-state index >= 15 is 0 Å². The van der Waals surface area contributed by atoms with Gasteiger partial charge in [0.15, 0.2) is 22.5 Å². The third-order valence-electron chi connectivity index (χ3n) is 5.75. The van der Waals surface area contributed by atoms with Crippen molar-refractivity contribution in [3.8, 4) is 33.5 Å². The van der Waals surface area contributed by atoms with Gasteiger partial charge in [0.2, 0.25) is 6.79 Å². The maximum Gasteiger partial charge on any atom is 0.231 e. The van der Waals surface area contributed by atoms with E-state index in [1.54, 1.807) is 23.1 Å². The number of benzene rings is 2. The van der Waals surface area contributed by atoms with Crippen LogP contribution in [0.1, 0.15) is 18.5 Å². The summed E-state index contributed by atoms with van der Waals surface area (Å²) in [6.45, 7) is 1.77. The molecule has 1 fully saturated rings. The molecule has 7 nitrogen and oxygen atoms in total. The first kappa shape index (κ1) is 21.9. The van der Waals surface area contributed by atoms with E-state index in [2.05, 4.69) is 20.1 Å². The highest BCUT2D eigenvalue weighted by Gasteiger charge is 2.23. The molecule has 2 aliphatic rings. The number of hydrogen-bond donors (Lipinski definition) is 0. The Bertz CT molecular complexity index is 1300. The smallest absolute Gasteiger partial charge is 0.231 e. The van der Waals surface area contributed by atoms with Crippen LogP contribution in [0.4, 0.5) is 0 Å². The minimum absolute atomic E-state index is 0.166. The van der Waals surface area contributed by atoms with Gasteiger partial charge < -0.3 is 14.2 Å². The van der Waals surface area contributed by atoms with E-state index in [1.807, 2.05) is 42.5 Å². The maximum absolute atomic E-state index is 6.01. The van der Waals surface area contributed by atoms with E-state index in [9.17, 15) is 0 Å². The number of ether oxygens (including phenoxy) is 3. The van der Waals surface area contributed by atoms with E-state index < -0.39 is 0 Å². The summed E-state index contributed by atoms with van der Waals surface area (Å²) < 4.78 is 19.1. The minimum Gasteiger partial charge on any atom is -0.454 e. The molecule has 1 saturated heterocycles. The zero-order chi connectivity index (χ0) is 22.9. The van der Waals surface area contributed by atoms with Crippen LogP contribution in [0.15, 0.2) is 53.0 Å². The van der Waals surface area contributed by atoms with Crippen molar-refractivity contribution in [3.05, 3.63) is 58.6 Å². The number of fused-ring (bicyclic) bond motifs is 1. The van der Waals surface area contributed by atoms with Gasteiger partial charge >= 0.3 is 0 Å². The van der Waals surface area contributed by atoms with Crippen LogP contribution in [-0.4, -0.2) is 39.3 Å². The number of halogens is 1. The maximum atomic E-state index is 6.01. The van der Waals surface area contributed by atoms with Crippen molar-refractivity contribution < 1.29 is 14.2 Å². The fourth-order valence-corrected chi connectivity index (χ4v) is 5.94. The molecule has 2 aromatic carbocycles. The van der Waals surface area contributed by atoms with Gasteiger partial charge in [0.25, 0.3) is 0 Å². The van der Waals surface area contributed by atoms with E-state index in [4.69, 9.17) is 30.8 Å². The van der Waals surface area contributed by atoms with Crippen LogP contribution in [-0.2, 0) is 17.0 Å². The topological polar surface area (TPSA) is 71.3 Å². The average Bonchev–Trinajstić information content (AvgIpc) is 3.65. The molecule has 174 valence electrons. The molecule has 0 aliphatic carbocycles.